The molecule has 0 saturated heterocycles. The van der Waals surface area contributed by atoms with Crippen LogP contribution in [-0.4, -0.2) is 32.6 Å². The zero-order chi connectivity index (χ0) is 22.0. The van der Waals surface area contributed by atoms with Crippen LogP contribution < -0.4 is 24.4 Å². The first-order valence-electron chi connectivity index (χ1n) is 9.82. The summed E-state index contributed by atoms with van der Waals surface area (Å²) in [5, 5.41) is 2.85. The van der Waals surface area contributed by atoms with E-state index < -0.39 is 0 Å². The third-order valence-corrected chi connectivity index (χ3v) is 5.07. The molecule has 158 valence electrons. The molecule has 7 heteroatoms. The first-order chi connectivity index (χ1) is 15.0. The number of benzene rings is 3. The van der Waals surface area contributed by atoms with E-state index in [1.165, 1.54) is 7.11 Å². The summed E-state index contributed by atoms with van der Waals surface area (Å²) in [4.78, 5) is 27.6. The molecule has 0 aromatic heterocycles. The lowest BCUT2D eigenvalue weighted by atomic mass is 10.1. The highest BCUT2D eigenvalue weighted by atomic mass is 16.5. The van der Waals surface area contributed by atoms with Crippen LogP contribution in [-0.2, 0) is 0 Å². The fraction of sp³-hybridized carbons (Fsp3) is 0.167. The number of ether oxygens (including phenoxy) is 3. The summed E-state index contributed by atoms with van der Waals surface area (Å²) in [6.45, 7) is 2.31. The van der Waals surface area contributed by atoms with Gasteiger partial charge in [-0.15, -0.1) is 0 Å². The number of amides is 2. The first kappa shape index (κ1) is 20.3. The van der Waals surface area contributed by atoms with Crippen LogP contribution in [0.1, 0.15) is 27.6 Å². The van der Waals surface area contributed by atoms with Gasteiger partial charge in [0.1, 0.15) is 17.2 Å². The average molecular weight is 418 g/mol. The maximum Gasteiger partial charge on any atom is 0.262 e. The molecular formula is C24H22N2O5. The van der Waals surface area contributed by atoms with Gasteiger partial charge in [0, 0.05) is 18.2 Å². The van der Waals surface area contributed by atoms with Crippen molar-refractivity contribution in [3.63, 3.8) is 0 Å². The molecule has 31 heavy (non-hydrogen) atoms. The number of fused-ring (bicyclic) bond motifs is 2. The molecule has 0 radical (unpaired) electrons. The van der Waals surface area contributed by atoms with Gasteiger partial charge in [-0.1, -0.05) is 12.1 Å². The number of para-hydroxylation sites is 1. The van der Waals surface area contributed by atoms with Gasteiger partial charge < -0.3 is 24.4 Å². The van der Waals surface area contributed by atoms with Crippen LogP contribution in [0.2, 0.25) is 0 Å². The monoisotopic (exact) mass is 418 g/mol. The minimum absolute atomic E-state index is 0.175. The second-order valence-electron chi connectivity index (χ2n) is 6.85. The minimum Gasteiger partial charge on any atom is -0.497 e. The van der Waals surface area contributed by atoms with E-state index in [4.69, 9.17) is 14.2 Å². The van der Waals surface area contributed by atoms with E-state index >= 15 is 0 Å². The van der Waals surface area contributed by atoms with Crippen LogP contribution in [0.4, 0.5) is 11.4 Å². The van der Waals surface area contributed by atoms with E-state index in [2.05, 4.69) is 5.32 Å². The summed E-state index contributed by atoms with van der Waals surface area (Å²) in [5.74, 6) is 1.59. The van der Waals surface area contributed by atoms with Crippen LogP contribution >= 0.6 is 0 Å². The van der Waals surface area contributed by atoms with Gasteiger partial charge in [0.2, 0.25) is 0 Å². The van der Waals surface area contributed by atoms with Crippen LogP contribution in [0.25, 0.3) is 0 Å². The number of nitrogens with zero attached hydrogens (tertiary/aromatic N) is 1. The summed E-state index contributed by atoms with van der Waals surface area (Å²) >= 11 is 0. The molecule has 1 aliphatic heterocycles. The molecule has 7 nitrogen and oxygen atoms in total. The van der Waals surface area contributed by atoms with Crippen molar-refractivity contribution in [2.75, 3.05) is 31.0 Å². The van der Waals surface area contributed by atoms with E-state index in [1.807, 2.05) is 13.0 Å². The Bertz CT molecular complexity index is 1160. The molecule has 0 spiro atoms. The highest BCUT2D eigenvalue weighted by Gasteiger charge is 2.28. The molecule has 0 aliphatic carbocycles. The van der Waals surface area contributed by atoms with Gasteiger partial charge in [0.15, 0.2) is 5.75 Å². The topological polar surface area (TPSA) is 77.1 Å². The molecule has 1 N–H and O–H groups in total. The highest BCUT2D eigenvalue weighted by Crippen LogP contribution is 2.39. The van der Waals surface area contributed by atoms with Crippen molar-refractivity contribution in [2.45, 2.75) is 6.92 Å². The largest absolute Gasteiger partial charge is 0.497 e. The number of carbonyl (C=O) groups is 2. The van der Waals surface area contributed by atoms with Gasteiger partial charge in [-0.05, 0) is 49.4 Å². The predicted octanol–water partition coefficient (Wildman–Crippen LogP) is 4.73. The quantitative estimate of drug-likeness (QED) is 0.648. The summed E-state index contributed by atoms with van der Waals surface area (Å²) in [6, 6.07) is 17.3. The van der Waals surface area contributed by atoms with Gasteiger partial charge in [-0.2, -0.15) is 0 Å². The standard InChI is InChI=1S/C24H22N2O5/c1-4-26-19-13-15(23(27)25-18-11-10-16(29-2)14-22(18)30-3)9-12-21(19)31-20-8-6-5-7-17(20)24(26)28/h5-14H,4H2,1-3H3,(H,25,27). The van der Waals surface area contributed by atoms with Crippen molar-refractivity contribution in [1.29, 1.82) is 0 Å². The number of methoxy groups -OCH3 is 2. The van der Waals surface area contributed by atoms with Crippen molar-refractivity contribution in [1.82, 2.24) is 0 Å². The Hall–Kier alpha value is -4.00. The summed E-state index contributed by atoms with van der Waals surface area (Å²) < 4.78 is 16.5. The van der Waals surface area contributed by atoms with Gasteiger partial charge in [0.05, 0.1) is 31.2 Å². The van der Waals surface area contributed by atoms with Crippen molar-refractivity contribution in [2.24, 2.45) is 0 Å². The van der Waals surface area contributed by atoms with Crippen molar-refractivity contribution in [3.05, 3.63) is 71.8 Å². The Balaban J connectivity index is 1.68. The second-order valence-corrected chi connectivity index (χ2v) is 6.85. The second kappa shape index (κ2) is 8.39. The number of rotatable bonds is 5. The molecule has 0 saturated carbocycles. The van der Waals surface area contributed by atoms with Crippen LogP contribution in [0.3, 0.4) is 0 Å². The molecule has 3 aromatic rings. The third-order valence-electron chi connectivity index (χ3n) is 5.07. The number of anilines is 2. The Kier molecular flexibility index (Phi) is 5.49. The maximum absolute atomic E-state index is 13.1. The van der Waals surface area contributed by atoms with Gasteiger partial charge in [-0.3, -0.25) is 9.59 Å². The van der Waals surface area contributed by atoms with E-state index in [9.17, 15) is 9.59 Å². The molecule has 4 rings (SSSR count). The number of nitrogens with one attached hydrogen (secondary N) is 1. The van der Waals surface area contributed by atoms with E-state index in [-0.39, 0.29) is 11.8 Å². The lowest BCUT2D eigenvalue weighted by Crippen LogP contribution is -2.30. The summed E-state index contributed by atoms with van der Waals surface area (Å²) in [7, 11) is 3.08. The molecule has 0 bridgehead atoms. The number of hydrogen-bond donors (Lipinski definition) is 1. The predicted molar refractivity (Wildman–Crippen MR) is 118 cm³/mol. The minimum atomic E-state index is -0.337. The van der Waals surface area contributed by atoms with Crippen LogP contribution in [0.15, 0.2) is 60.7 Å². The molecule has 0 atom stereocenters. The Morgan fingerprint density at radius 1 is 1.00 bits per heavy atom. The zero-order valence-corrected chi connectivity index (χ0v) is 17.5. The normalized spacial score (nSPS) is 12.2. The molecule has 1 heterocycles. The SMILES string of the molecule is CCN1C(=O)c2ccccc2Oc2ccc(C(=O)Nc3ccc(OC)cc3OC)cc21. The molecule has 0 fully saturated rings. The lowest BCUT2D eigenvalue weighted by molar-refractivity contribution is 0.0985. The van der Waals surface area contributed by atoms with Crippen molar-refractivity contribution >= 4 is 23.2 Å². The lowest BCUT2D eigenvalue weighted by Gasteiger charge is -2.21. The Labute approximate surface area is 180 Å². The fourth-order valence-electron chi connectivity index (χ4n) is 3.47. The Morgan fingerprint density at radius 3 is 2.55 bits per heavy atom. The molecule has 0 unspecified atom stereocenters. The molecule has 2 amide bonds. The zero-order valence-electron chi connectivity index (χ0n) is 17.5. The van der Waals surface area contributed by atoms with E-state index in [0.717, 1.165) is 0 Å². The fourth-order valence-corrected chi connectivity index (χ4v) is 3.47. The van der Waals surface area contributed by atoms with E-state index in [1.54, 1.807) is 66.6 Å². The summed E-state index contributed by atoms with van der Waals surface area (Å²) in [6.07, 6.45) is 0. The number of carbonyl (C=O) groups excluding carboxylic acids is 2. The molecule has 3 aromatic carbocycles. The molecular weight excluding hydrogens is 396 g/mol. The van der Waals surface area contributed by atoms with Crippen molar-refractivity contribution in [3.8, 4) is 23.0 Å². The van der Waals surface area contributed by atoms with Crippen LogP contribution in [0.5, 0.6) is 23.0 Å². The van der Waals surface area contributed by atoms with Gasteiger partial charge in [0.25, 0.3) is 11.8 Å². The average Bonchev–Trinajstić information content (AvgIpc) is 2.92. The van der Waals surface area contributed by atoms with Gasteiger partial charge >= 0.3 is 0 Å². The maximum atomic E-state index is 13.1. The number of hydrogen-bond acceptors (Lipinski definition) is 5. The van der Waals surface area contributed by atoms with Gasteiger partial charge in [-0.25, -0.2) is 0 Å². The first-order valence-corrected chi connectivity index (χ1v) is 9.82. The third kappa shape index (κ3) is 3.77. The van der Waals surface area contributed by atoms with Crippen molar-refractivity contribution < 1.29 is 23.8 Å². The Morgan fingerprint density at radius 2 is 1.81 bits per heavy atom. The van der Waals surface area contributed by atoms with Crippen LogP contribution in [0, 0.1) is 0 Å². The molecule has 1 aliphatic rings. The summed E-state index contributed by atoms with van der Waals surface area (Å²) in [5.41, 5.74) is 1.92. The smallest absolute Gasteiger partial charge is 0.262 e. The highest BCUT2D eigenvalue weighted by molar-refractivity contribution is 6.11. The van der Waals surface area contributed by atoms with E-state index in [0.29, 0.717) is 52.0 Å².